The van der Waals surface area contributed by atoms with Gasteiger partial charge in [-0.15, -0.1) is 0 Å². The summed E-state index contributed by atoms with van der Waals surface area (Å²) in [7, 11) is 0. The summed E-state index contributed by atoms with van der Waals surface area (Å²) in [6.45, 7) is 4.26. The Hall–Kier alpha value is -1.32. The Morgan fingerprint density at radius 2 is 2.40 bits per heavy atom. The molecule has 1 atom stereocenters. The highest BCUT2D eigenvalue weighted by molar-refractivity contribution is 5.80. The standard InChI is InChI=1S/C11H18N4/c1-7(2)15-10-5-8(11(12)13)3-4-9(10)6-14-15/h6-8H,3-5H2,1-2H3,(H3,12,13)/t8-/m1/s1. The molecule has 3 N–H and O–H groups in total. The first-order valence-corrected chi connectivity index (χ1v) is 5.48. The van der Waals surface area contributed by atoms with Crippen LogP contribution >= 0.6 is 0 Å². The fourth-order valence-corrected chi connectivity index (χ4v) is 2.23. The highest BCUT2D eigenvalue weighted by Gasteiger charge is 2.24. The zero-order valence-corrected chi connectivity index (χ0v) is 9.33. The molecule has 1 aliphatic carbocycles. The lowest BCUT2D eigenvalue weighted by atomic mass is 9.87. The van der Waals surface area contributed by atoms with Crippen molar-refractivity contribution in [1.29, 1.82) is 5.41 Å². The smallest absolute Gasteiger partial charge is 0.0941 e. The van der Waals surface area contributed by atoms with E-state index in [2.05, 4.69) is 23.6 Å². The lowest BCUT2D eigenvalue weighted by Crippen LogP contribution is -2.29. The zero-order chi connectivity index (χ0) is 11.0. The minimum absolute atomic E-state index is 0.215. The summed E-state index contributed by atoms with van der Waals surface area (Å²) in [6, 6.07) is 0.388. The Kier molecular flexibility index (Phi) is 2.50. The second-order valence-corrected chi connectivity index (χ2v) is 4.55. The number of amidine groups is 1. The third-order valence-electron chi connectivity index (χ3n) is 3.12. The van der Waals surface area contributed by atoms with Gasteiger partial charge in [0, 0.05) is 17.7 Å². The van der Waals surface area contributed by atoms with Gasteiger partial charge >= 0.3 is 0 Å². The van der Waals surface area contributed by atoms with E-state index in [1.807, 2.05) is 6.20 Å². The van der Waals surface area contributed by atoms with E-state index in [0.717, 1.165) is 19.3 Å². The molecule has 1 aliphatic rings. The first-order chi connectivity index (χ1) is 7.09. The minimum Gasteiger partial charge on any atom is -0.387 e. The third kappa shape index (κ3) is 1.76. The molecule has 1 aromatic heterocycles. The number of hydrogen-bond donors (Lipinski definition) is 2. The van der Waals surface area contributed by atoms with Crippen LogP contribution in [0.25, 0.3) is 0 Å². The van der Waals surface area contributed by atoms with Crippen LogP contribution in [0.3, 0.4) is 0 Å². The highest BCUT2D eigenvalue weighted by Crippen LogP contribution is 2.26. The molecular formula is C11H18N4. The topological polar surface area (TPSA) is 67.7 Å². The third-order valence-corrected chi connectivity index (χ3v) is 3.12. The molecule has 0 saturated carbocycles. The molecule has 1 heterocycles. The molecule has 0 spiro atoms. The number of nitrogens with two attached hydrogens (primary N) is 1. The van der Waals surface area contributed by atoms with Gasteiger partial charge in [0.15, 0.2) is 0 Å². The Labute approximate surface area is 90.0 Å². The van der Waals surface area contributed by atoms with Crippen molar-refractivity contribution in [2.24, 2.45) is 11.7 Å². The molecule has 0 amide bonds. The molecule has 0 fully saturated rings. The molecule has 0 bridgehead atoms. The van der Waals surface area contributed by atoms with Gasteiger partial charge in [-0.05, 0) is 38.7 Å². The number of aryl methyl sites for hydroxylation is 1. The molecule has 0 radical (unpaired) electrons. The van der Waals surface area contributed by atoms with Crippen molar-refractivity contribution < 1.29 is 0 Å². The molecule has 82 valence electrons. The fraction of sp³-hybridized carbons (Fsp3) is 0.636. The molecule has 4 nitrogen and oxygen atoms in total. The van der Waals surface area contributed by atoms with Crippen LogP contribution in [-0.4, -0.2) is 15.6 Å². The summed E-state index contributed by atoms with van der Waals surface area (Å²) < 4.78 is 2.06. The van der Waals surface area contributed by atoms with Crippen molar-refractivity contribution in [3.63, 3.8) is 0 Å². The van der Waals surface area contributed by atoms with E-state index in [1.165, 1.54) is 11.3 Å². The van der Waals surface area contributed by atoms with E-state index in [9.17, 15) is 0 Å². The van der Waals surface area contributed by atoms with Crippen LogP contribution < -0.4 is 5.73 Å². The Balaban J connectivity index is 2.30. The average Bonchev–Trinajstić information content (AvgIpc) is 2.59. The van der Waals surface area contributed by atoms with Gasteiger partial charge in [0.25, 0.3) is 0 Å². The minimum atomic E-state index is 0.215. The summed E-state index contributed by atoms with van der Waals surface area (Å²) in [4.78, 5) is 0. The largest absolute Gasteiger partial charge is 0.387 e. The van der Waals surface area contributed by atoms with Crippen molar-refractivity contribution in [2.75, 3.05) is 0 Å². The monoisotopic (exact) mass is 206 g/mol. The quantitative estimate of drug-likeness (QED) is 0.569. The van der Waals surface area contributed by atoms with Crippen LogP contribution in [0.5, 0.6) is 0 Å². The van der Waals surface area contributed by atoms with Crippen LogP contribution in [0.15, 0.2) is 6.20 Å². The molecule has 2 rings (SSSR count). The molecule has 0 saturated heterocycles. The van der Waals surface area contributed by atoms with E-state index in [-0.39, 0.29) is 5.92 Å². The van der Waals surface area contributed by atoms with E-state index in [0.29, 0.717) is 11.9 Å². The summed E-state index contributed by atoms with van der Waals surface area (Å²) in [5.74, 6) is 0.531. The number of rotatable bonds is 2. The molecule has 15 heavy (non-hydrogen) atoms. The van der Waals surface area contributed by atoms with Gasteiger partial charge in [0.05, 0.1) is 12.0 Å². The van der Waals surface area contributed by atoms with Crippen molar-refractivity contribution >= 4 is 5.84 Å². The fourth-order valence-electron chi connectivity index (χ4n) is 2.23. The first kappa shape index (κ1) is 10.2. The van der Waals surface area contributed by atoms with Crippen molar-refractivity contribution in [3.8, 4) is 0 Å². The average molecular weight is 206 g/mol. The molecular weight excluding hydrogens is 188 g/mol. The van der Waals surface area contributed by atoms with Gasteiger partial charge in [0.1, 0.15) is 0 Å². The number of nitrogens with zero attached hydrogens (tertiary/aromatic N) is 2. The summed E-state index contributed by atoms with van der Waals surface area (Å²) in [5.41, 5.74) is 8.18. The van der Waals surface area contributed by atoms with Crippen LogP contribution in [0.4, 0.5) is 0 Å². The second-order valence-electron chi connectivity index (χ2n) is 4.55. The predicted molar refractivity (Wildman–Crippen MR) is 60.0 cm³/mol. The summed E-state index contributed by atoms with van der Waals surface area (Å²) in [5, 5.41) is 11.9. The Morgan fingerprint density at radius 3 is 3.00 bits per heavy atom. The van der Waals surface area contributed by atoms with Gasteiger partial charge < -0.3 is 5.73 Å². The van der Waals surface area contributed by atoms with E-state index in [1.54, 1.807) is 0 Å². The van der Waals surface area contributed by atoms with E-state index in [4.69, 9.17) is 11.1 Å². The second kappa shape index (κ2) is 3.68. The number of nitrogens with one attached hydrogen (secondary N) is 1. The molecule has 0 aliphatic heterocycles. The number of aromatic nitrogens is 2. The van der Waals surface area contributed by atoms with Crippen LogP contribution in [-0.2, 0) is 12.8 Å². The van der Waals surface area contributed by atoms with Crippen LogP contribution in [0, 0.1) is 11.3 Å². The van der Waals surface area contributed by atoms with E-state index >= 15 is 0 Å². The maximum atomic E-state index is 7.51. The normalized spacial score (nSPS) is 20.3. The first-order valence-electron chi connectivity index (χ1n) is 5.48. The zero-order valence-electron chi connectivity index (χ0n) is 9.33. The lowest BCUT2D eigenvalue weighted by molar-refractivity contribution is 0.474. The van der Waals surface area contributed by atoms with E-state index < -0.39 is 0 Å². The van der Waals surface area contributed by atoms with Gasteiger partial charge in [0.2, 0.25) is 0 Å². The van der Waals surface area contributed by atoms with Crippen molar-refractivity contribution in [2.45, 2.75) is 39.2 Å². The summed E-state index contributed by atoms with van der Waals surface area (Å²) in [6.07, 6.45) is 4.84. The Bertz CT molecular complexity index is 378. The number of fused-ring (bicyclic) bond motifs is 1. The van der Waals surface area contributed by atoms with Crippen LogP contribution in [0.2, 0.25) is 0 Å². The Morgan fingerprint density at radius 1 is 1.67 bits per heavy atom. The SMILES string of the molecule is CC(C)n1ncc2c1C[C@H](C(=N)N)CC2. The molecule has 4 heteroatoms. The van der Waals surface area contributed by atoms with Gasteiger partial charge in [-0.3, -0.25) is 10.1 Å². The van der Waals surface area contributed by atoms with Crippen molar-refractivity contribution in [3.05, 3.63) is 17.5 Å². The molecule has 0 unspecified atom stereocenters. The van der Waals surface area contributed by atoms with Gasteiger partial charge in [-0.1, -0.05) is 0 Å². The highest BCUT2D eigenvalue weighted by atomic mass is 15.3. The van der Waals surface area contributed by atoms with Crippen molar-refractivity contribution in [1.82, 2.24) is 9.78 Å². The molecule has 1 aromatic rings. The number of hydrogen-bond acceptors (Lipinski definition) is 2. The van der Waals surface area contributed by atoms with Crippen LogP contribution in [0.1, 0.15) is 37.6 Å². The van der Waals surface area contributed by atoms with Gasteiger partial charge in [-0.25, -0.2) is 0 Å². The summed E-state index contributed by atoms with van der Waals surface area (Å²) >= 11 is 0. The van der Waals surface area contributed by atoms with Gasteiger partial charge in [-0.2, -0.15) is 5.10 Å². The molecule has 0 aromatic carbocycles. The lowest BCUT2D eigenvalue weighted by Gasteiger charge is -2.23. The maximum absolute atomic E-state index is 7.51. The maximum Gasteiger partial charge on any atom is 0.0941 e. The predicted octanol–water partition coefficient (Wildman–Crippen LogP) is 1.50.